The smallest absolute Gasteiger partial charge is 0.0488 e. The Morgan fingerprint density at radius 1 is 0.186 bits per heavy atom. The molecule has 0 bridgehead atoms. The number of aryl methyl sites for hydroxylation is 10. The zero-order valence-corrected chi connectivity index (χ0v) is 64.5. The predicted octanol–water partition coefficient (Wildman–Crippen LogP) is 30.9. The van der Waals surface area contributed by atoms with Gasteiger partial charge in [0.05, 0.1) is 0 Å². The van der Waals surface area contributed by atoms with Gasteiger partial charge < -0.3 is 4.57 Å². The first kappa shape index (κ1) is 80.1. The summed E-state index contributed by atoms with van der Waals surface area (Å²) >= 11 is 0. The maximum Gasteiger partial charge on any atom is 0.0488 e. The Morgan fingerprint density at radius 3 is 1.05 bits per heavy atom. The van der Waals surface area contributed by atoms with Crippen molar-refractivity contribution in [3.05, 3.63) is 287 Å². The number of benzene rings is 15. The number of hydrogen-bond acceptors (Lipinski definition) is 0. The first-order valence-electron chi connectivity index (χ1n) is 36.5. The number of nitrogens with zero attached hydrogens (tertiary/aromatic N) is 1. The molecule has 0 fully saturated rings. The van der Waals surface area contributed by atoms with Gasteiger partial charge in [0.15, 0.2) is 0 Å². The first-order chi connectivity index (χ1) is 47.3. The van der Waals surface area contributed by atoms with Crippen LogP contribution in [0.3, 0.4) is 0 Å². The SMILES string of the molecule is CC.CC.CC.CC.CC.CC.CC.CC.Cc1ccc(C)c2cc3ccccc3cc12.Cc1ccc2c(c1)c1ccccc1n2C.Cc1ccc2cc(C)c3ccccc3c2c1.Cc1ccc2ccc3c(C)ccc4ccc1c2c43.Cc1cccc2c(C)c3ccccc3cc12. The lowest BCUT2D eigenvalue weighted by Gasteiger charge is -2.13. The molecule has 0 radical (unpaired) electrons. The number of fused-ring (bicyclic) bond motifs is 10. The first-order valence-corrected chi connectivity index (χ1v) is 36.5. The molecule has 0 saturated carbocycles. The normalized spacial score (nSPS) is 9.96. The monoisotopic (exact) mass is 1280 g/mol. The molecule has 16 rings (SSSR count). The van der Waals surface area contributed by atoms with E-state index in [1.54, 1.807) is 0 Å². The van der Waals surface area contributed by atoms with Crippen LogP contribution in [0, 0.1) is 62.3 Å². The van der Waals surface area contributed by atoms with Crippen LogP contribution < -0.4 is 0 Å². The van der Waals surface area contributed by atoms with Gasteiger partial charge in [-0.3, -0.25) is 0 Å². The summed E-state index contributed by atoms with van der Waals surface area (Å²) in [7, 11) is 2.12. The van der Waals surface area contributed by atoms with Crippen LogP contribution in [-0.2, 0) is 7.05 Å². The van der Waals surface area contributed by atoms with E-state index in [0.717, 1.165) is 0 Å². The van der Waals surface area contributed by atoms with Crippen LogP contribution in [-0.4, -0.2) is 4.57 Å². The zero-order valence-electron chi connectivity index (χ0n) is 64.5. The molecule has 506 valence electrons. The fourth-order valence-corrected chi connectivity index (χ4v) is 12.6. The van der Waals surface area contributed by atoms with E-state index in [-0.39, 0.29) is 0 Å². The summed E-state index contributed by atoms with van der Waals surface area (Å²) in [4.78, 5) is 0. The van der Waals surface area contributed by atoms with E-state index in [0.29, 0.717) is 0 Å². The lowest BCUT2D eigenvalue weighted by atomic mass is 9.91. The molecule has 0 spiro atoms. The van der Waals surface area contributed by atoms with Crippen LogP contribution >= 0.6 is 0 Å². The standard InChI is InChI=1S/C18H14.3C16H14.C14H13N.8C2H6/c1-11-3-5-13-8-10-16-12(2)4-6-14-7-9-15(11)17(13)18(14)16;1-11-6-5-9-15-12(2)14-8-4-3-7-13(14)10-16(11)15;1-11-7-8-12(2)16-10-14-6-4-3-5-13(14)9-15(11)16;1-11-7-8-13-10-12(2)14-5-3-4-6-15(14)16(13)9-11;1-10-7-8-14-12(9-10)11-5-3-4-6-13(11)15(14)2;8*1-2/h3-10H,1-2H3;3*3-10H,1-2H3;3-9H,1-2H3;8*1-2H3. The van der Waals surface area contributed by atoms with Crippen LogP contribution in [0.5, 0.6) is 0 Å². The van der Waals surface area contributed by atoms with Gasteiger partial charge in [-0.05, 0) is 235 Å². The molecular weight excluding hydrogens is 1170 g/mol. The number of hydrogen-bond donors (Lipinski definition) is 0. The third kappa shape index (κ3) is 18.4. The van der Waals surface area contributed by atoms with Gasteiger partial charge in [0, 0.05) is 28.9 Å². The largest absolute Gasteiger partial charge is 0.344 e. The van der Waals surface area contributed by atoms with Crippen LogP contribution in [0.15, 0.2) is 237 Å². The molecule has 1 nitrogen and oxygen atoms in total. The highest BCUT2D eigenvalue weighted by Crippen LogP contribution is 2.38. The maximum atomic E-state index is 2.30. The fourth-order valence-electron chi connectivity index (χ4n) is 12.6. The number of rotatable bonds is 0. The molecule has 15 aromatic carbocycles. The highest BCUT2D eigenvalue weighted by Gasteiger charge is 2.12. The summed E-state index contributed by atoms with van der Waals surface area (Å²) in [6.07, 6.45) is 0. The average molecular weight is 1280 g/mol. The lowest BCUT2D eigenvalue weighted by Crippen LogP contribution is -1.87. The van der Waals surface area contributed by atoms with E-state index in [2.05, 4.69) is 311 Å². The topological polar surface area (TPSA) is 4.93 Å². The minimum absolute atomic E-state index is 1.30. The predicted molar refractivity (Wildman–Crippen MR) is 448 cm³/mol. The van der Waals surface area contributed by atoms with Crippen LogP contribution in [0.4, 0.5) is 0 Å². The summed E-state index contributed by atoms with van der Waals surface area (Å²) in [6.45, 7) is 51.6. The minimum atomic E-state index is 1.30. The van der Waals surface area contributed by atoms with Crippen molar-refractivity contribution in [1.82, 2.24) is 4.57 Å². The highest BCUT2D eigenvalue weighted by molar-refractivity contribution is 6.24. The zero-order chi connectivity index (χ0) is 72.1. The summed E-state index contributed by atoms with van der Waals surface area (Å²) in [5.74, 6) is 0. The fraction of sp³-hybridized carbons (Fsp3) is 0.271. The maximum absolute atomic E-state index is 2.30. The Balaban J connectivity index is 0.000000245. The Hall–Kier alpha value is -9.30. The second kappa shape index (κ2) is 40.3. The van der Waals surface area contributed by atoms with E-state index in [9.17, 15) is 0 Å². The average Bonchev–Trinajstić information content (AvgIpc) is 1.51. The van der Waals surface area contributed by atoms with Gasteiger partial charge in [-0.15, -0.1) is 0 Å². The summed E-state index contributed by atoms with van der Waals surface area (Å²) in [6, 6.07) is 85.6. The summed E-state index contributed by atoms with van der Waals surface area (Å²) in [5, 5.41) is 27.3. The molecule has 1 heterocycles. The van der Waals surface area contributed by atoms with Crippen LogP contribution in [0.25, 0.3) is 119 Å². The molecule has 1 aromatic heterocycles. The van der Waals surface area contributed by atoms with E-state index in [1.807, 2.05) is 111 Å². The van der Waals surface area contributed by atoms with Crippen molar-refractivity contribution in [2.75, 3.05) is 0 Å². The Morgan fingerprint density at radius 2 is 0.526 bits per heavy atom. The lowest BCUT2D eigenvalue weighted by molar-refractivity contribution is 1.01. The second-order valence-electron chi connectivity index (χ2n) is 22.6. The quantitative estimate of drug-likeness (QED) is 0.105. The van der Waals surface area contributed by atoms with Crippen molar-refractivity contribution in [2.45, 2.75) is 173 Å². The van der Waals surface area contributed by atoms with Crippen molar-refractivity contribution in [3.63, 3.8) is 0 Å². The minimum Gasteiger partial charge on any atom is -0.344 e. The van der Waals surface area contributed by atoms with Gasteiger partial charge in [0.2, 0.25) is 0 Å². The van der Waals surface area contributed by atoms with Crippen molar-refractivity contribution >= 4 is 119 Å². The second-order valence-corrected chi connectivity index (χ2v) is 22.6. The summed E-state index contributed by atoms with van der Waals surface area (Å²) < 4.78 is 2.25. The number of para-hydroxylation sites is 1. The van der Waals surface area contributed by atoms with Crippen molar-refractivity contribution in [2.24, 2.45) is 7.05 Å². The van der Waals surface area contributed by atoms with Gasteiger partial charge in [-0.1, -0.05) is 322 Å². The molecule has 97 heavy (non-hydrogen) atoms. The van der Waals surface area contributed by atoms with Crippen molar-refractivity contribution < 1.29 is 0 Å². The third-order valence-electron chi connectivity index (χ3n) is 17.1. The Kier molecular flexibility index (Phi) is 33.3. The molecule has 0 aliphatic carbocycles. The third-order valence-corrected chi connectivity index (χ3v) is 17.1. The molecule has 0 saturated heterocycles. The van der Waals surface area contributed by atoms with E-state index >= 15 is 0 Å². The van der Waals surface area contributed by atoms with Gasteiger partial charge >= 0.3 is 0 Å². The van der Waals surface area contributed by atoms with E-state index in [1.165, 1.54) is 169 Å². The van der Waals surface area contributed by atoms with Gasteiger partial charge in [0.1, 0.15) is 0 Å². The van der Waals surface area contributed by atoms with Crippen molar-refractivity contribution in [3.8, 4) is 0 Å². The molecular formula is C96H117N. The highest BCUT2D eigenvalue weighted by atomic mass is 14.9. The molecule has 0 unspecified atom stereocenters. The van der Waals surface area contributed by atoms with Crippen molar-refractivity contribution in [1.29, 1.82) is 0 Å². The molecule has 0 aliphatic rings. The molecule has 16 aromatic rings. The summed E-state index contributed by atoms with van der Waals surface area (Å²) in [5.41, 5.74) is 14.8. The molecule has 0 N–H and O–H groups in total. The van der Waals surface area contributed by atoms with Gasteiger partial charge in [-0.25, -0.2) is 0 Å². The van der Waals surface area contributed by atoms with Gasteiger partial charge in [0.25, 0.3) is 0 Å². The molecule has 0 aliphatic heterocycles. The molecule has 0 amide bonds. The van der Waals surface area contributed by atoms with Gasteiger partial charge in [-0.2, -0.15) is 0 Å². The van der Waals surface area contributed by atoms with Crippen LogP contribution in [0.1, 0.15) is 161 Å². The van der Waals surface area contributed by atoms with E-state index < -0.39 is 0 Å². The number of aromatic nitrogens is 1. The Bertz CT molecular complexity index is 4880. The van der Waals surface area contributed by atoms with E-state index in [4.69, 9.17) is 0 Å². The molecule has 1 heteroatoms. The Labute approximate surface area is 586 Å². The molecule has 0 atom stereocenters. The van der Waals surface area contributed by atoms with Crippen LogP contribution in [0.2, 0.25) is 0 Å².